The van der Waals surface area contributed by atoms with Crippen molar-refractivity contribution in [2.24, 2.45) is 0 Å². The van der Waals surface area contributed by atoms with Gasteiger partial charge in [-0.1, -0.05) is 135 Å². The van der Waals surface area contributed by atoms with Crippen molar-refractivity contribution in [3.8, 4) is 79.4 Å². The molecule has 54 heavy (non-hydrogen) atoms. The number of para-hydroxylation sites is 1. The summed E-state index contributed by atoms with van der Waals surface area (Å²) in [5, 5.41) is 2.50. The van der Waals surface area contributed by atoms with E-state index in [-0.39, 0.29) is 5.41 Å². The molecule has 0 N–H and O–H groups in total. The van der Waals surface area contributed by atoms with E-state index in [1.54, 1.807) is 11.3 Å². The summed E-state index contributed by atoms with van der Waals surface area (Å²) in [6.07, 6.45) is 0. The van der Waals surface area contributed by atoms with Crippen LogP contribution in [0.2, 0.25) is 0 Å². The van der Waals surface area contributed by atoms with Crippen molar-refractivity contribution in [2.75, 3.05) is 0 Å². The maximum atomic E-state index is 6.85. The maximum absolute atomic E-state index is 6.85. The summed E-state index contributed by atoms with van der Waals surface area (Å²) in [7, 11) is 0. The Hall–Kier alpha value is -6.63. The number of benzene rings is 7. The third kappa shape index (κ3) is 4.73. The van der Waals surface area contributed by atoms with Crippen molar-refractivity contribution in [2.45, 2.75) is 19.3 Å². The predicted molar refractivity (Wildman–Crippen MR) is 219 cm³/mol. The lowest BCUT2D eigenvalue weighted by molar-refractivity contribution is 0.360. The monoisotopic (exact) mass is 713 g/mol. The standard InChI is InChI=1S/C48H31N3O2S/c1-48(2)37-20-10-8-16-31(37)36-26-40-41(27-38(36)48)53-44-34(19-12-21-39(44)52-40)30-15-6-7-18-35(30)47-50-45(28-13-4-3-5-14-28)49-46(51-47)29-23-24-33-32-17-9-11-22-42(32)54-43(33)25-29/h3-27H,1-2H3. The number of ether oxygens (including phenoxy) is 2. The van der Waals surface area contributed by atoms with E-state index >= 15 is 0 Å². The van der Waals surface area contributed by atoms with E-state index in [9.17, 15) is 0 Å². The average molecular weight is 714 g/mol. The molecule has 11 rings (SSSR count). The SMILES string of the molecule is CC1(C)c2ccccc2-c2cc3c(cc21)Oc1c(cccc1-c1ccccc1-c1nc(-c2ccccc2)nc(-c2ccc4c(c2)sc2ccccc24)n1)O3. The van der Waals surface area contributed by atoms with Gasteiger partial charge in [-0.3, -0.25) is 0 Å². The number of aromatic nitrogens is 3. The van der Waals surface area contributed by atoms with Gasteiger partial charge in [0.1, 0.15) is 0 Å². The van der Waals surface area contributed by atoms with Crippen molar-refractivity contribution >= 4 is 31.5 Å². The van der Waals surface area contributed by atoms with Crippen molar-refractivity contribution in [1.29, 1.82) is 0 Å². The quantitative estimate of drug-likeness (QED) is 0.182. The minimum atomic E-state index is -0.162. The molecule has 2 aliphatic rings. The molecular formula is C48H31N3O2S. The minimum Gasteiger partial charge on any atom is -0.449 e. The summed E-state index contributed by atoms with van der Waals surface area (Å²) in [5.41, 5.74) is 9.37. The highest BCUT2D eigenvalue weighted by Crippen LogP contribution is 2.56. The summed E-state index contributed by atoms with van der Waals surface area (Å²) >= 11 is 1.79. The Labute approximate surface area is 316 Å². The van der Waals surface area contributed by atoms with Gasteiger partial charge in [-0.15, -0.1) is 11.3 Å². The summed E-state index contributed by atoms with van der Waals surface area (Å²) in [6.45, 7) is 4.55. The molecule has 0 atom stereocenters. The third-order valence-corrected chi connectivity index (χ3v) is 12.0. The lowest BCUT2D eigenvalue weighted by Crippen LogP contribution is -2.15. The van der Waals surface area contributed by atoms with E-state index in [4.69, 9.17) is 24.4 Å². The van der Waals surface area contributed by atoms with Crippen molar-refractivity contribution in [3.05, 3.63) is 163 Å². The van der Waals surface area contributed by atoms with Crippen LogP contribution in [0.4, 0.5) is 0 Å². The summed E-state index contributed by atoms with van der Waals surface area (Å²) in [6, 6.07) is 52.4. The van der Waals surface area contributed by atoms with E-state index < -0.39 is 0 Å². The van der Waals surface area contributed by atoms with Gasteiger partial charge in [-0.25, -0.2) is 15.0 Å². The smallest absolute Gasteiger partial charge is 0.177 e. The highest BCUT2D eigenvalue weighted by Gasteiger charge is 2.37. The van der Waals surface area contributed by atoms with E-state index in [0.29, 0.717) is 40.5 Å². The van der Waals surface area contributed by atoms with E-state index in [1.165, 1.54) is 42.4 Å². The van der Waals surface area contributed by atoms with Crippen LogP contribution in [0, 0.1) is 0 Å². The highest BCUT2D eigenvalue weighted by atomic mass is 32.1. The Kier molecular flexibility index (Phi) is 6.70. The predicted octanol–water partition coefficient (Wildman–Crippen LogP) is 13.1. The van der Waals surface area contributed by atoms with Gasteiger partial charge in [0.2, 0.25) is 0 Å². The Morgan fingerprint density at radius 2 is 1.09 bits per heavy atom. The molecule has 0 saturated carbocycles. The average Bonchev–Trinajstić information content (AvgIpc) is 3.70. The van der Waals surface area contributed by atoms with Crippen molar-refractivity contribution in [1.82, 2.24) is 15.0 Å². The Bertz CT molecular complexity index is 2990. The molecule has 0 fully saturated rings. The first-order chi connectivity index (χ1) is 26.5. The van der Waals surface area contributed by atoms with Crippen LogP contribution in [0.3, 0.4) is 0 Å². The van der Waals surface area contributed by atoms with Gasteiger partial charge in [-0.2, -0.15) is 0 Å². The van der Waals surface area contributed by atoms with E-state index in [0.717, 1.165) is 27.8 Å². The second-order valence-electron chi connectivity index (χ2n) is 14.4. The van der Waals surface area contributed by atoms with Gasteiger partial charge in [0, 0.05) is 47.8 Å². The molecule has 256 valence electrons. The summed E-state index contributed by atoms with van der Waals surface area (Å²) < 4.78 is 15.9. The maximum Gasteiger partial charge on any atom is 0.177 e. The molecule has 7 aromatic carbocycles. The van der Waals surface area contributed by atoms with Crippen LogP contribution in [0.15, 0.2) is 152 Å². The van der Waals surface area contributed by atoms with E-state index in [2.05, 4.69) is 111 Å². The zero-order valence-electron chi connectivity index (χ0n) is 29.5. The number of nitrogens with zero attached hydrogens (tertiary/aromatic N) is 3. The van der Waals surface area contributed by atoms with Gasteiger partial charge in [0.25, 0.3) is 0 Å². The normalized spacial score (nSPS) is 13.4. The lowest BCUT2D eigenvalue weighted by atomic mass is 9.82. The molecule has 5 nitrogen and oxygen atoms in total. The van der Waals surface area contributed by atoms with Gasteiger partial charge in [0.15, 0.2) is 40.5 Å². The molecule has 0 spiro atoms. The number of hydrogen-bond acceptors (Lipinski definition) is 6. The van der Waals surface area contributed by atoms with Gasteiger partial charge >= 0.3 is 0 Å². The first-order valence-corrected chi connectivity index (χ1v) is 18.9. The molecule has 1 aliphatic heterocycles. The summed E-state index contributed by atoms with van der Waals surface area (Å²) in [5.74, 6) is 4.56. The van der Waals surface area contributed by atoms with Gasteiger partial charge < -0.3 is 9.47 Å². The number of fused-ring (bicyclic) bond motifs is 8. The molecule has 0 unspecified atom stereocenters. The van der Waals surface area contributed by atoms with Crippen LogP contribution in [-0.4, -0.2) is 15.0 Å². The van der Waals surface area contributed by atoms with Crippen LogP contribution in [0.25, 0.3) is 76.6 Å². The van der Waals surface area contributed by atoms with Crippen LogP contribution in [-0.2, 0) is 5.41 Å². The molecule has 2 aromatic heterocycles. The zero-order chi connectivity index (χ0) is 36.0. The second-order valence-corrected chi connectivity index (χ2v) is 15.5. The molecule has 0 bridgehead atoms. The molecule has 1 aliphatic carbocycles. The van der Waals surface area contributed by atoms with Crippen LogP contribution in [0.5, 0.6) is 23.0 Å². The topological polar surface area (TPSA) is 57.1 Å². The van der Waals surface area contributed by atoms with Crippen LogP contribution >= 0.6 is 11.3 Å². The molecule has 3 heterocycles. The largest absolute Gasteiger partial charge is 0.449 e. The molecule has 6 heteroatoms. The number of hydrogen-bond donors (Lipinski definition) is 0. The first kappa shape index (κ1) is 30.9. The molecule has 0 amide bonds. The highest BCUT2D eigenvalue weighted by molar-refractivity contribution is 7.25. The van der Waals surface area contributed by atoms with Gasteiger partial charge in [0.05, 0.1) is 0 Å². The fourth-order valence-electron chi connectivity index (χ4n) is 8.13. The van der Waals surface area contributed by atoms with Crippen LogP contribution in [0.1, 0.15) is 25.0 Å². The van der Waals surface area contributed by atoms with Crippen LogP contribution < -0.4 is 9.47 Å². The zero-order valence-corrected chi connectivity index (χ0v) is 30.3. The number of rotatable bonds is 4. The molecule has 0 saturated heterocycles. The van der Waals surface area contributed by atoms with Crippen molar-refractivity contribution < 1.29 is 9.47 Å². The summed E-state index contributed by atoms with van der Waals surface area (Å²) in [4.78, 5) is 15.3. The Balaban J connectivity index is 1.05. The minimum absolute atomic E-state index is 0.162. The molecular weight excluding hydrogens is 683 g/mol. The lowest BCUT2D eigenvalue weighted by Gasteiger charge is -2.26. The van der Waals surface area contributed by atoms with Gasteiger partial charge in [-0.05, 0) is 58.1 Å². The third-order valence-electron chi connectivity index (χ3n) is 10.8. The first-order valence-electron chi connectivity index (χ1n) is 18.1. The van der Waals surface area contributed by atoms with Crippen molar-refractivity contribution in [3.63, 3.8) is 0 Å². The molecule has 0 radical (unpaired) electrons. The second kappa shape index (κ2) is 11.7. The fraction of sp³-hybridized carbons (Fsp3) is 0.0625. The number of thiophene rings is 1. The Morgan fingerprint density at radius 3 is 1.96 bits per heavy atom. The molecule has 9 aromatic rings. The van der Waals surface area contributed by atoms with E-state index in [1.807, 2.05) is 54.6 Å². The fourth-order valence-corrected chi connectivity index (χ4v) is 9.27. The Morgan fingerprint density at radius 1 is 0.426 bits per heavy atom.